The highest BCUT2D eigenvalue weighted by molar-refractivity contribution is 7.98. The molecule has 6 nitrogen and oxygen atoms in total. The Hall–Kier alpha value is -4.18. The third kappa shape index (κ3) is 7.66. The number of thioether (sulfide) groups is 1. The Morgan fingerprint density at radius 3 is 2.52 bits per heavy atom. The van der Waals surface area contributed by atoms with Crippen molar-refractivity contribution in [3.05, 3.63) is 135 Å². The first kappa shape index (κ1) is 31.3. The van der Waals surface area contributed by atoms with Crippen LogP contribution < -0.4 is 5.56 Å². The van der Waals surface area contributed by atoms with E-state index in [0.29, 0.717) is 35.4 Å². The van der Waals surface area contributed by atoms with Crippen LogP contribution in [0.5, 0.6) is 0 Å². The maximum Gasteiger partial charge on any atom is 0.416 e. The molecule has 44 heavy (non-hydrogen) atoms. The summed E-state index contributed by atoms with van der Waals surface area (Å²) in [7, 11) is 0. The fourth-order valence-electron chi connectivity index (χ4n) is 5.14. The maximum absolute atomic E-state index is 13.0. The lowest BCUT2D eigenvalue weighted by atomic mass is 10.0. The van der Waals surface area contributed by atoms with Gasteiger partial charge in [0, 0.05) is 17.0 Å². The number of fused-ring (bicyclic) bond motifs is 1. The van der Waals surface area contributed by atoms with Gasteiger partial charge < -0.3 is 4.57 Å². The average Bonchev–Trinajstić information content (AvgIpc) is 3.66. The molecular formula is C34H34F3N5OS. The number of nitrogens with zero attached hydrogens (tertiary/aromatic N) is 5. The van der Waals surface area contributed by atoms with Gasteiger partial charge in [0.15, 0.2) is 11.0 Å². The fraction of sp³-hybridized carbons (Fsp3) is 0.294. The first-order valence-electron chi connectivity index (χ1n) is 14.5. The van der Waals surface area contributed by atoms with E-state index >= 15 is 0 Å². The smallest absolute Gasteiger partial charge is 0.316 e. The predicted octanol–water partition coefficient (Wildman–Crippen LogP) is 7.60. The Morgan fingerprint density at radius 2 is 1.82 bits per heavy atom. The van der Waals surface area contributed by atoms with Gasteiger partial charge in [0.1, 0.15) is 6.33 Å². The molecule has 1 aliphatic rings. The summed E-state index contributed by atoms with van der Waals surface area (Å²) < 4.78 is 42.8. The van der Waals surface area contributed by atoms with Gasteiger partial charge in [-0.3, -0.25) is 4.79 Å². The summed E-state index contributed by atoms with van der Waals surface area (Å²) >= 11 is 1.54. The van der Waals surface area contributed by atoms with Crippen molar-refractivity contribution in [1.82, 2.24) is 24.3 Å². The van der Waals surface area contributed by atoms with Crippen molar-refractivity contribution in [3.63, 3.8) is 0 Å². The number of allylic oxidation sites excluding steroid dienone is 5. The molecule has 0 bridgehead atoms. The molecule has 228 valence electrons. The number of alkyl halides is 3. The molecule has 0 atom stereocenters. The van der Waals surface area contributed by atoms with Crippen LogP contribution >= 0.6 is 11.8 Å². The SMILES string of the molecule is C=C(C=CC(=CCC)c1ccc(C(F)(F)F)cc1)Cn1cnc(Cn2c(SCc3ccc(C)cc3)nc(=O)c3c2CCC3)n1. The molecule has 0 saturated carbocycles. The largest absolute Gasteiger partial charge is 0.416 e. The molecule has 5 rings (SSSR count). The first-order chi connectivity index (χ1) is 21.1. The molecule has 0 unspecified atom stereocenters. The standard InChI is InChI=1S/C34H34F3N5OS/c1-4-6-26(27-15-17-28(18-16-27)34(35,36)37)14-11-24(3)19-41-22-38-31(40-41)20-42-30-8-5-7-29(30)32(43)39-33(42)44-21-25-12-9-23(2)10-13-25/h6,9-18,22H,3-5,7-8,19-21H2,1-2H3. The van der Waals surface area contributed by atoms with Crippen LogP contribution in [0, 0.1) is 6.92 Å². The zero-order chi connectivity index (χ0) is 31.3. The summed E-state index contributed by atoms with van der Waals surface area (Å²) in [5, 5.41) is 5.34. The Labute approximate surface area is 259 Å². The topological polar surface area (TPSA) is 65.6 Å². The monoisotopic (exact) mass is 617 g/mol. The van der Waals surface area contributed by atoms with Crippen LogP contribution in [0.2, 0.25) is 0 Å². The van der Waals surface area contributed by atoms with Crippen LogP contribution in [-0.4, -0.2) is 24.3 Å². The molecule has 2 aromatic carbocycles. The molecule has 0 radical (unpaired) electrons. The third-order valence-corrected chi connectivity index (χ3v) is 8.45. The van der Waals surface area contributed by atoms with Gasteiger partial charge in [-0.25, -0.2) is 9.67 Å². The Bertz CT molecular complexity index is 1750. The lowest BCUT2D eigenvalue weighted by Gasteiger charge is -2.15. The van der Waals surface area contributed by atoms with Crippen molar-refractivity contribution in [2.24, 2.45) is 0 Å². The molecule has 0 N–H and O–H groups in total. The van der Waals surface area contributed by atoms with Gasteiger partial charge in [-0.1, -0.05) is 85.5 Å². The number of halogens is 3. The van der Waals surface area contributed by atoms with E-state index in [1.165, 1.54) is 17.7 Å². The van der Waals surface area contributed by atoms with Gasteiger partial charge >= 0.3 is 6.18 Å². The summed E-state index contributed by atoms with van der Waals surface area (Å²) in [6.45, 7) is 8.97. The van der Waals surface area contributed by atoms with Crippen LogP contribution in [0.4, 0.5) is 13.2 Å². The van der Waals surface area contributed by atoms with E-state index < -0.39 is 11.7 Å². The number of hydrogen-bond acceptors (Lipinski definition) is 5. The van der Waals surface area contributed by atoms with E-state index in [1.807, 2.05) is 25.2 Å². The molecule has 1 aliphatic carbocycles. The summed E-state index contributed by atoms with van der Waals surface area (Å²) in [6.07, 6.45) is 6.16. The second-order valence-electron chi connectivity index (χ2n) is 10.8. The van der Waals surface area contributed by atoms with Gasteiger partial charge in [0.2, 0.25) is 0 Å². The summed E-state index contributed by atoms with van der Waals surface area (Å²) in [4.78, 5) is 21.8. The zero-order valence-corrected chi connectivity index (χ0v) is 25.6. The van der Waals surface area contributed by atoms with Gasteiger partial charge in [-0.2, -0.15) is 23.3 Å². The van der Waals surface area contributed by atoms with Crippen molar-refractivity contribution in [3.8, 4) is 0 Å². The minimum absolute atomic E-state index is 0.144. The van der Waals surface area contributed by atoms with E-state index in [-0.39, 0.29) is 5.56 Å². The molecule has 0 spiro atoms. The fourth-order valence-corrected chi connectivity index (χ4v) is 6.10. The number of benzene rings is 2. The Morgan fingerprint density at radius 1 is 1.07 bits per heavy atom. The highest BCUT2D eigenvalue weighted by atomic mass is 32.2. The third-order valence-electron chi connectivity index (χ3n) is 7.41. The normalized spacial score (nSPS) is 13.5. The number of hydrogen-bond donors (Lipinski definition) is 0. The second-order valence-corrected chi connectivity index (χ2v) is 11.8. The van der Waals surface area contributed by atoms with E-state index in [4.69, 9.17) is 0 Å². The highest BCUT2D eigenvalue weighted by Gasteiger charge is 2.30. The molecule has 4 aromatic rings. The molecule has 0 fully saturated rings. The Balaban J connectivity index is 1.28. The molecule has 2 heterocycles. The number of aromatic nitrogens is 5. The van der Waals surface area contributed by atoms with Crippen molar-refractivity contribution in [2.75, 3.05) is 0 Å². The lowest BCUT2D eigenvalue weighted by molar-refractivity contribution is -0.137. The van der Waals surface area contributed by atoms with Crippen LogP contribution in [-0.2, 0) is 37.9 Å². The molecule has 0 amide bonds. The predicted molar refractivity (Wildman–Crippen MR) is 168 cm³/mol. The number of rotatable bonds is 11. The molecule has 0 aliphatic heterocycles. The molecule has 2 aromatic heterocycles. The second kappa shape index (κ2) is 13.6. The molecule has 0 saturated heterocycles. The summed E-state index contributed by atoms with van der Waals surface area (Å²) in [5.74, 6) is 1.30. The van der Waals surface area contributed by atoms with Gasteiger partial charge in [0.05, 0.1) is 18.7 Å². The average molecular weight is 618 g/mol. The first-order valence-corrected chi connectivity index (χ1v) is 15.5. The summed E-state index contributed by atoms with van der Waals surface area (Å²) in [5.41, 5.74) is 5.61. The summed E-state index contributed by atoms with van der Waals surface area (Å²) in [6, 6.07) is 13.5. The van der Waals surface area contributed by atoms with Gasteiger partial charge in [-0.15, -0.1) is 0 Å². The molecular weight excluding hydrogens is 583 g/mol. The van der Waals surface area contributed by atoms with Crippen LogP contribution in [0.1, 0.15) is 59.1 Å². The zero-order valence-electron chi connectivity index (χ0n) is 24.8. The molecule has 10 heteroatoms. The van der Waals surface area contributed by atoms with E-state index in [1.54, 1.807) is 22.8 Å². The van der Waals surface area contributed by atoms with Crippen molar-refractivity contribution in [1.29, 1.82) is 0 Å². The number of aryl methyl sites for hydroxylation is 1. The minimum Gasteiger partial charge on any atom is -0.316 e. The van der Waals surface area contributed by atoms with Crippen LogP contribution in [0.25, 0.3) is 5.57 Å². The van der Waals surface area contributed by atoms with E-state index in [0.717, 1.165) is 65.8 Å². The quantitative estimate of drug-likeness (QED) is 0.0986. The van der Waals surface area contributed by atoms with Gasteiger partial charge in [0.25, 0.3) is 5.56 Å². The van der Waals surface area contributed by atoms with Crippen molar-refractivity contribution >= 4 is 17.3 Å². The van der Waals surface area contributed by atoms with Gasteiger partial charge in [-0.05, 0) is 67.0 Å². The van der Waals surface area contributed by atoms with Crippen LogP contribution in [0.3, 0.4) is 0 Å². The van der Waals surface area contributed by atoms with Crippen LogP contribution in [0.15, 0.2) is 95.2 Å². The van der Waals surface area contributed by atoms with E-state index in [9.17, 15) is 18.0 Å². The minimum atomic E-state index is -4.37. The maximum atomic E-state index is 13.0. The van der Waals surface area contributed by atoms with Crippen molar-refractivity contribution in [2.45, 2.75) is 69.7 Å². The van der Waals surface area contributed by atoms with Crippen molar-refractivity contribution < 1.29 is 13.2 Å². The van der Waals surface area contributed by atoms with E-state index in [2.05, 4.69) is 57.4 Å². The lowest BCUT2D eigenvalue weighted by Crippen LogP contribution is -2.22. The highest BCUT2D eigenvalue weighted by Crippen LogP contribution is 2.31. The Kier molecular flexibility index (Phi) is 9.68.